The number of para-hydroxylation sites is 1. The quantitative estimate of drug-likeness (QED) is 0.447. The van der Waals surface area contributed by atoms with Crippen molar-refractivity contribution in [3.8, 4) is 5.75 Å². The molecule has 0 atom stereocenters. The molecule has 0 bridgehead atoms. The van der Waals surface area contributed by atoms with Crippen molar-refractivity contribution in [2.24, 2.45) is 7.05 Å². The Kier molecular flexibility index (Phi) is 5.90. The summed E-state index contributed by atoms with van der Waals surface area (Å²) in [4.78, 5) is 12.2. The number of halogens is 2. The molecule has 0 radical (unpaired) electrons. The van der Waals surface area contributed by atoms with Crippen LogP contribution in [0, 0.1) is 5.82 Å². The van der Waals surface area contributed by atoms with Crippen molar-refractivity contribution in [2.45, 2.75) is 11.8 Å². The number of carbonyl (C=O) groups excluding carboxylic acids is 1. The van der Waals surface area contributed by atoms with Crippen LogP contribution in [0.2, 0.25) is 5.02 Å². The zero-order valence-electron chi connectivity index (χ0n) is 13.9. The molecule has 0 aliphatic carbocycles. The summed E-state index contributed by atoms with van der Waals surface area (Å²) in [6.07, 6.45) is 0. The zero-order chi connectivity index (χ0) is 18.5. The minimum absolute atomic E-state index is 0.105. The molecule has 26 heavy (non-hydrogen) atoms. The monoisotopic (exact) mass is 391 g/mol. The number of Topliss-reactive ketones (excluding diaryl/α,β-unsaturated/α-hetero) is 1. The van der Waals surface area contributed by atoms with Gasteiger partial charge in [-0.25, -0.2) is 4.39 Å². The molecule has 0 saturated carbocycles. The van der Waals surface area contributed by atoms with E-state index in [0.717, 1.165) is 0 Å². The summed E-state index contributed by atoms with van der Waals surface area (Å²) in [6, 6.07) is 12.7. The van der Waals surface area contributed by atoms with Gasteiger partial charge in [0.1, 0.15) is 18.2 Å². The number of aromatic nitrogens is 3. The third-order valence-electron chi connectivity index (χ3n) is 3.62. The highest BCUT2D eigenvalue weighted by atomic mass is 35.5. The molecule has 0 spiro atoms. The lowest BCUT2D eigenvalue weighted by atomic mass is 10.1. The van der Waals surface area contributed by atoms with Crippen LogP contribution >= 0.6 is 23.4 Å². The Hall–Kier alpha value is -2.38. The minimum atomic E-state index is -0.370. The van der Waals surface area contributed by atoms with Gasteiger partial charge in [0.25, 0.3) is 0 Å². The fourth-order valence-electron chi connectivity index (χ4n) is 2.15. The molecule has 134 valence electrons. The van der Waals surface area contributed by atoms with Crippen LogP contribution in [0.3, 0.4) is 0 Å². The molecular formula is C18H15ClFN3O2S. The molecule has 5 nitrogen and oxygen atoms in total. The molecular weight excluding hydrogens is 377 g/mol. The van der Waals surface area contributed by atoms with Crippen LogP contribution in [0.25, 0.3) is 0 Å². The summed E-state index contributed by atoms with van der Waals surface area (Å²) in [7, 11) is 1.80. The Morgan fingerprint density at radius 1 is 1.19 bits per heavy atom. The number of hydrogen-bond acceptors (Lipinski definition) is 5. The van der Waals surface area contributed by atoms with E-state index in [1.54, 1.807) is 23.7 Å². The Labute approximate surface area is 159 Å². The van der Waals surface area contributed by atoms with Crippen molar-refractivity contribution in [2.75, 3.05) is 5.75 Å². The molecule has 2 aromatic carbocycles. The van der Waals surface area contributed by atoms with Gasteiger partial charge in [0.05, 0.1) is 10.8 Å². The van der Waals surface area contributed by atoms with Crippen LogP contribution in [0.4, 0.5) is 4.39 Å². The molecule has 1 heterocycles. The van der Waals surface area contributed by atoms with Crippen molar-refractivity contribution in [1.29, 1.82) is 0 Å². The lowest BCUT2D eigenvalue weighted by Crippen LogP contribution is -2.06. The molecule has 8 heteroatoms. The largest absolute Gasteiger partial charge is 0.484 e. The number of ether oxygens (including phenoxy) is 1. The number of nitrogens with zero attached hydrogens (tertiary/aromatic N) is 3. The first-order valence-electron chi connectivity index (χ1n) is 7.72. The van der Waals surface area contributed by atoms with Crippen LogP contribution in [0.15, 0.2) is 53.7 Å². The number of carbonyl (C=O) groups is 1. The minimum Gasteiger partial charge on any atom is -0.484 e. The second kappa shape index (κ2) is 8.33. The van der Waals surface area contributed by atoms with E-state index in [0.29, 0.717) is 27.3 Å². The lowest BCUT2D eigenvalue weighted by Gasteiger charge is -2.07. The summed E-state index contributed by atoms with van der Waals surface area (Å²) in [6.45, 7) is 0.208. The van der Waals surface area contributed by atoms with Crippen LogP contribution < -0.4 is 4.74 Å². The number of thioether (sulfide) groups is 1. The maximum absolute atomic E-state index is 12.9. The highest BCUT2D eigenvalue weighted by Gasteiger charge is 2.13. The SMILES string of the molecule is Cn1c(COc2ccccc2Cl)nnc1SCC(=O)c1ccc(F)cc1. The first-order chi connectivity index (χ1) is 12.5. The molecule has 0 amide bonds. The van der Waals surface area contributed by atoms with Crippen LogP contribution in [-0.4, -0.2) is 26.3 Å². The molecule has 0 unspecified atom stereocenters. The zero-order valence-corrected chi connectivity index (χ0v) is 15.4. The number of rotatable bonds is 7. The van der Waals surface area contributed by atoms with E-state index in [-0.39, 0.29) is 24.0 Å². The first-order valence-corrected chi connectivity index (χ1v) is 9.08. The fourth-order valence-corrected chi connectivity index (χ4v) is 3.16. The fraction of sp³-hybridized carbons (Fsp3) is 0.167. The smallest absolute Gasteiger partial charge is 0.191 e. The molecule has 3 aromatic rings. The normalized spacial score (nSPS) is 10.7. The Morgan fingerprint density at radius 2 is 1.92 bits per heavy atom. The predicted molar refractivity (Wildman–Crippen MR) is 98.2 cm³/mol. The van der Waals surface area contributed by atoms with Gasteiger partial charge in [-0.2, -0.15) is 0 Å². The molecule has 0 fully saturated rings. The third kappa shape index (κ3) is 4.42. The average Bonchev–Trinajstić information content (AvgIpc) is 2.99. The van der Waals surface area contributed by atoms with Gasteiger partial charge >= 0.3 is 0 Å². The molecule has 0 aliphatic heterocycles. The van der Waals surface area contributed by atoms with Crippen LogP contribution in [0.5, 0.6) is 5.75 Å². The summed E-state index contributed by atoms with van der Waals surface area (Å²) in [5, 5.41) is 9.28. The second-order valence-electron chi connectivity index (χ2n) is 5.40. The maximum Gasteiger partial charge on any atom is 0.191 e. The summed E-state index contributed by atoms with van der Waals surface area (Å²) in [5.74, 6) is 0.889. The van der Waals surface area contributed by atoms with E-state index in [4.69, 9.17) is 16.3 Å². The predicted octanol–water partition coefficient (Wildman–Crippen LogP) is 4.16. The van der Waals surface area contributed by atoms with Gasteiger partial charge in [-0.3, -0.25) is 4.79 Å². The van der Waals surface area contributed by atoms with Crippen molar-refractivity contribution < 1.29 is 13.9 Å². The Balaban J connectivity index is 1.59. The topological polar surface area (TPSA) is 57.0 Å². The van der Waals surface area contributed by atoms with Gasteiger partial charge < -0.3 is 9.30 Å². The Bertz CT molecular complexity index is 915. The van der Waals surface area contributed by atoms with Gasteiger partial charge in [0.2, 0.25) is 0 Å². The highest BCUT2D eigenvalue weighted by molar-refractivity contribution is 7.99. The van der Waals surface area contributed by atoms with Crippen molar-refractivity contribution in [3.63, 3.8) is 0 Å². The molecule has 0 N–H and O–H groups in total. The van der Waals surface area contributed by atoms with E-state index in [1.165, 1.54) is 36.0 Å². The van der Waals surface area contributed by atoms with Gasteiger partial charge in [-0.1, -0.05) is 35.5 Å². The molecule has 0 saturated heterocycles. The number of ketones is 1. The molecule has 0 aliphatic rings. The lowest BCUT2D eigenvalue weighted by molar-refractivity contribution is 0.102. The summed E-state index contributed by atoms with van der Waals surface area (Å²) in [5.41, 5.74) is 0.461. The van der Waals surface area contributed by atoms with Crippen LogP contribution in [0.1, 0.15) is 16.2 Å². The van der Waals surface area contributed by atoms with Crippen molar-refractivity contribution in [3.05, 3.63) is 70.8 Å². The van der Waals surface area contributed by atoms with E-state index in [2.05, 4.69) is 10.2 Å². The maximum atomic E-state index is 12.9. The summed E-state index contributed by atoms with van der Waals surface area (Å²) < 4.78 is 20.3. The second-order valence-corrected chi connectivity index (χ2v) is 6.75. The number of hydrogen-bond donors (Lipinski definition) is 0. The summed E-state index contributed by atoms with van der Waals surface area (Å²) >= 11 is 7.32. The standard InChI is InChI=1S/C18H15ClFN3O2S/c1-23-17(10-25-16-5-3-2-4-14(16)19)21-22-18(23)26-11-15(24)12-6-8-13(20)9-7-12/h2-9H,10-11H2,1H3. The van der Waals surface area contributed by atoms with Crippen LogP contribution in [-0.2, 0) is 13.7 Å². The molecule has 3 rings (SSSR count). The van der Waals surface area contributed by atoms with E-state index in [1.807, 2.05) is 12.1 Å². The number of benzene rings is 2. The van der Waals surface area contributed by atoms with Crippen molar-refractivity contribution in [1.82, 2.24) is 14.8 Å². The highest BCUT2D eigenvalue weighted by Crippen LogP contribution is 2.24. The first kappa shape index (κ1) is 18.4. The van der Waals surface area contributed by atoms with Gasteiger partial charge in [-0.05, 0) is 36.4 Å². The third-order valence-corrected chi connectivity index (χ3v) is 4.95. The van der Waals surface area contributed by atoms with Gasteiger partial charge in [-0.15, -0.1) is 10.2 Å². The van der Waals surface area contributed by atoms with Crippen molar-refractivity contribution >= 4 is 29.1 Å². The van der Waals surface area contributed by atoms with E-state index >= 15 is 0 Å². The molecule has 1 aromatic heterocycles. The average molecular weight is 392 g/mol. The van der Waals surface area contributed by atoms with E-state index < -0.39 is 0 Å². The van der Waals surface area contributed by atoms with Gasteiger partial charge in [0.15, 0.2) is 16.8 Å². The van der Waals surface area contributed by atoms with Gasteiger partial charge in [0, 0.05) is 12.6 Å². The Morgan fingerprint density at radius 3 is 2.65 bits per heavy atom. The van der Waals surface area contributed by atoms with E-state index in [9.17, 15) is 9.18 Å².